The molecule has 2 aromatic rings. The van der Waals surface area contributed by atoms with Gasteiger partial charge in [0.15, 0.2) is 0 Å². The van der Waals surface area contributed by atoms with Gasteiger partial charge in [0.05, 0.1) is 18.1 Å². The molecule has 0 atom stereocenters. The molecule has 0 saturated heterocycles. The summed E-state index contributed by atoms with van der Waals surface area (Å²) in [7, 11) is 0. The van der Waals surface area contributed by atoms with Crippen LogP contribution in [0.3, 0.4) is 0 Å². The fourth-order valence-electron chi connectivity index (χ4n) is 1.59. The normalized spacial score (nSPS) is 10.4. The van der Waals surface area contributed by atoms with Gasteiger partial charge in [-0.15, -0.1) is 0 Å². The Balaban J connectivity index is 2.23. The molecule has 0 bridgehead atoms. The molecular formula is C13H14ClN3O. The standard InChI is InChI=1S/C13H14ClN3O/c1-8-3-11(4-9(2)13(8)14)18-12-7-16-10(5-15)6-17-12/h3-4,6-7H,5,15H2,1-2H3. The first kappa shape index (κ1) is 12.8. The van der Waals surface area contributed by atoms with Gasteiger partial charge in [0, 0.05) is 11.6 Å². The van der Waals surface area contributed by atoms with Crippen molar-refractivity contribution in [3.8, 4) is 11.6 Å². The van der Waals surface area contributed by atoms with Gasteiger partial charge in [-0.25, -0.2) is 4.98 Å². The van der Waals surface area contributed by atoms with Crippen LogP contribution in [0.5, 0.6) is 11.6 Å². The van der Waals surface area contributed by atoms with Crippen molar-refractivity contribution in [2.45, 2.75) is 20.4 Å². The predicted molar refractivity (Wildman–Crippen MR) is 70.9 cm³/mol. The number of hydrogen-bond donors (Lipinski definition) is 1. The summed E-state index contributed by atoms with van der Waals surface area (Å²) in [4.78, 5) is 8.25. The Bertz CT molecular complexity index is 532. The molecule has 1 aromatic carbocycles. The van der Waals surface area contributed by atoms with E-state index in [0.717, 1.165) is 21.8 Å². The highest BCUT2D eigenvalue weighted by atomic mass is 35.5. The first-order valence-corrected chi connectivity index (χ1v) is 5.93. The highest BCUT2D eigenvalue weighted by Crippen LogP contribution is 2.28. The second kappa shape index (κ2) is 5.33. The Morgan fingerprint density at radius 3 is 2.33 bits per heavy atom. The molecule has 0 spiro atoms. The fourth-order valence-corrected chi connectivity index (χ4v) is 1.70. The summed E-state index contributed by atoms with van der Waals surface area (Å²) in [6.45, 7) is 4.24. The van der Waals surface area contributed by atoms with Crippen LogP contribution < -0.4 is 10.5 Å². The quantitative estimate of drug-likeness (QED) is 0.925. The van der Waals surface area contributed by atoms with Gasteiger partial charge in [0.2, 0.25) is 5.88 Å². The summed E-state index contributed by atoms with van der Waals surface area (Å²) in [6, 6.07) is 3.74. The van der Waals surface area contributed by atoms with E-state index in [4.69, 9.17) is 22.1 Å². The Kier molecular flexibility index (Phi) is 3.79. The van der Waals surface area contributed by atoms with E-state index in [1.165, 1.54) is 0 Å². The van der Waals surface area contributed by atoms with Crippen LogP contribution >= 0.6 is 11.6 Å². The lowest BCUT2D eigenvalue weighted by atomic mass is 10.1. The van der Waals surface area contributed by atoms with Crippen molar-refractivity contribution in [2.24, 2.45) is 5.73 Å². The fraction of sp³-hybridized carbons (Fsp3) is 0.231. The minimum atomic E-state index is 0.368. The van der Waals surface area contributed by atoms with Crippen LogP contribution in [-0.2, 0) is 6.54 Å². The summed E-state index contributed by atoms with van der Waals surface area (Å²) in [5, 5.41) is 0.756. The maximum atomic E-state index is 6.09. The molecule has 1 heterocycles. The number of aryl methyl sites for hydroxylation is 2. The van der Waals surface area contributed by atoms with Crippen LogP contribution in [0, 0.1) is 13.8 Å². The minimum Gasteiger partial charge on any atom is -0.437 e. The number of ether oxygens (including phenoxy) is 1. The lowest BCUT2D eigenvalue weighted by Crippen LogP contribution is -2.00. The number of aromatic nitrogens is 2. The topological polar surface area (TPSA) is 61.0 Å². The molecule has 94 valence electrons. The molecular weight excluding hydrogens is 250 g/mol. The zero-order valence-electron chi connectivity index (χ0n) is 10.3. The van der Waals surface area contributed by atoms with Gasteiger partial charge in [0.25, 0.3) is 0 Å². The summed E-state index contributed by atoms with van der Waals surface area (Å²) >= 11 is 6.09. The molecule has 2 N–H and O–H groups in total. The molecule has 0 radical (unpaired) electrons. The first-order chi connectivity index (χ1) is 8.60. The Hall–Kier alpha value is -1.65. The summed E-state index contributed by atoms with van der Waals surface area (Å²) < 4.78 is 5.62. The van der Waals surface area contributed by atoms with Crippen molar-refractivity contribution >= 4 is 11.6 Å². The van der Waals surface area contributed by atoms with E-state index in [2.05, 4.69) is 9.97 Å². The van der Waals surface area contributed by atoms with Gasteiger partial charge in [-0.3, -0.25) is 4.98 Å². The van der Waals surface area contributed by atoms with Gasteiger partial charge >= 0.3 is 0 Å². The molecule has 0 aliphatic heterocycles. The van der Waals surface area contributed by atoms with Gasteiger partial charge in [-0.1, -0.05) is 11.6 Å². The minimum absolute atomic E-state index is 0.368. The predicted octanol–water partition coefficient (Wildman–Crippen LogP) is 3.00. The maximum absolute atomic E-state index is 6.09. The molecule has 0 unspecified atom stereocenters. The third kappa shape index (κ3) is 2.78. The first-order valence-electron chi connectivity index (χ1n) is 5.55. The zero-order valence-corrected chi connectivity index (χ0v) is 11.0. The van der Waals surface area contributed by atoms with Crippen LogP contribution in [0.2, 0.25) is 5.02 Å². The molecule has 0 saturated carbocycles. The molecule has 5 heteroatoms. The van der Waals surface area contributed by atoms with E-state index in [1.54, 1.807) is 12.4 Å². The van der Waals surface area contributed by atoms with Crippen molar-refractivity contribution in [1.82, 2.24) is 9.97 Å². The third-order valence-corrected chi connectivity index (χ3v) is 3.12. The van der Waals surface area contributed by atoms with Crippen molar-refractivity contribution in [1.29, 1.82) is 0 Å². The van der Waals surface area contributed by atoms with E-state index in [-0.39, 0.29) is 0 Å². The summed E-state index contributed by atoms with van der Waals surface area (Å²) in [6.07, 6.45) is 3.16. The number of rotatable bonds is 3. The number of hydrogen-bond acceptors (Lipinski definition) is 4. The van der Waals surface area contributed by atoms with Crippen molar-refractivity contribution in [3.05, 3.63) is 46.4 Å². The second-order valence-corrected chi connectivity index (χ2v) is 4.40. The van der Waals surface area contributed by atoms with E-state index in [9.17, 15) is 0 Å². The smallest absolute Gasteiger partial charge is 0.237 e. The molecule has 0 aliphatic rings. The van der Waals surface area contributed by atoms with Gasteiger partial charge in [-0.05, 0) is 37.1 Å². The molecule has 2 rings (SSSR count). The average molecular weight is 264 g/mol. The van der Waals surface area contributed by atoms with Gasteiger partial charge < -0.3 is 10.5 Å². The lowest BCUT2D eigenvalue weighted by Gasteiger charge is -2.08. The van der Waals surface area contributed by atoms with Crippen molar-refractivity contribution in [3.63, 3.8) is 0 Å². The highest BCUT2D eigenvalue weighted by Gasteiger charge is 2.05. The monoisotopic (exact) mass is 263 g/mol. The van der Waals surface area contributed by atoms with Gasteiger partial charge in [0.1, 0.15) is 5.75 Å². The van der Waals surface area contributed by atoms with Crippen LogP contribution in [0.4, 0.5) is 0 Å². The maximum Gasteiger partial charge on any atom is 0.237 e. The highest BCUT2D eigenvalue weighted by molar-refractivity contribution is 6.32. The summed E-state index contributed by atoms with van der Waals surface area (Å²) in [5.74, 6) is 1.14. The Morgan fingerprint density at radius 2 is 1.83 bits per heavy atom. The molecule has 1 aromatic heterocycles. The number of nitrogens with two attached hydrogens (primary N) is 1. The van der Waals surface area contributed by atoms with E-state index in [1.807, 2.05) is 26.0 Å². The lowest BCUT2D eigenvalue weighted by molar-refractivity contribution is 0.458. The SMILES string of the molecule is Cc1cc(Oc2cnc(CN)cn2)cc(C)c1Cl. The molecule has 0 aliphatic carbocycles. The van der Waals surface area contributed by atoms with Gasteiger partial charge in [-0.2, -0.15) is 0 Å². The van der Waals surface area contributed by atoms with Crippen LogP contribution in [0.1, 0.15) is 16.8 Å². The molecule has 4 nitrogen and oxygen atoms in total. The number of benzene rings is 1. The largest absolute Gasteiger partial charge is 0.437 e. The molecule has 0 fully saturated rings. The number of halogens is 1. The Morgan fingerprint density at radius 1 is 1.17 bits per heavy atom. The Labute approximate surface area is 111 Å². The zero-order chi connectivity index (χ0) is 13.1. The third-order valence-electron chi connectivity index (χ3n) is 2.52. The van der Waals surface area contributed by atoms with E-state index < -0.39 is 0 Å². The van der Waals surface area contributed by atoms with Crippen LogP contribution in [0.15, 0.2) is 24.5 Å². The van der Waals surface area contributed by atoms with E-state index >= 15 is 0 Å². The number of nitrogens with zero attached hydrogens (tertiary/aromatic N) is 2. The second-order valence-electron chi connectivity index (χ2n) is 4.02. The average Bonchev–Trinajstić information content (AvgIpc) is 2.37. The van der Waals surface area contributed by atoms with Crippen molar-refractivity contribution < 1.29 is 4.74 Å². The van der Waals surface area contributed by atoms with Crippen LogP contribution in [-0.4, -0.2) is 9.97 Å². The summed E-state index contributed by atoms with van der Waals surface area (Å²) in [5.41, 5.74) is 8.12. The van der Waals surface area contributed by atoms with Crippen LogP contribution in [0.25, 0.3) is 0 Å². The molecule has 0 amide bonds. The van der Waals surface area contributed by atoms with E-state index in [0.29, 0.717) is 18.2 Å². The van der Waals surface area contributed by atoms with Crippen molar-refractivity contribution in [2.75, 3.05) is 0 Å². The molecule has 18 heavy (non-hydrogen) atoms.